The van der Waals surface area contributed by atoms with E-state index in [0.29, 0.717) is 12.6 Å². The molecule has 4 nitrogen and oxygen atoms in total. The van der Waals surface area contributed by atoms with Gasteiger partial charge in [0.2, 0.25) is 0 Å². The van der Waals surface area contributed by atoms with E-state index in [2.05, 4.69) is 42.4 Å². The molecule has 0 radical (unpaired) electrons. The van der Waals surface area contributed by atoms with Crippen LogP contribution in [0, 0.1) is 5.41 Å². The Bertz CT molecular complexity index is 540. The molecule has 102 valence electrons. The molecule has 2 rings (SSSR count). The molecular formula is C15H22N4. The zero-order valence-electron chi connectivity index (χ0n) is 11.9. The summed E-state index contributed by atoms with van der Waals surface area (Å²) in [6.45, 7) is 7.33. The molecule has 0 aliphatic rings. The second-order valence-electron chi connectivity index (χ2n) is 5.92. The van der Waals surface area contributed by atoms with E-state index in [4.69, 9.17) is 5.73 Å². The fourth-order valence-electron chi connectivity index (χ4n) is 2.20. The quantitative estimate of drug-likeness (QED) is 0.885. The first-order valence-electron chi connectivity index (χ1n) is 6.69. The highest BCUT2D eigenvalue weighted by Gasteiger charge is 2.24. The Kier molecular flexibility index (Phi) is 4.00. The molecule has 1 aromatic carbocycles. The number of benzene rings is 1. The molecule has 19 heavy (non-hydrogen) atoms. The van der Waals surface area contributed by atoms with E-state index in [1.165, 1.54) is 0 Å². The van der Waals surface area contributed by atoms with Gasteiger partial charge in [-0.25, -0.2) is 0 Å². The number of nitrogens with two attached hydrogens (primary N) is 1. The normalized spacial score (nSPS) is 13.5. The maximum absolute atomic E-state index is 5.72. The topological polar surface area (TPSA) is 63.8 Å². The Hall–Kier alpha value is -1.68. The summed E-state index contributed by atoms with van der Waals surface area (Å²) in [5, 5.41) is 12.9. The number of rotatable bonds is 4. The number of hydrogen-bond acceptors (Lipinski definition) is 4. The van der Waals surface area contributed by atoms with Crippen LogP contribution in [0.15, 0.2) is 30.5 Å². The van der Waals surface area contributed by atoms with E-state index in [-0.39, 0.29) is 5.41 Å². The van der Waals surface area contributed by atoms with Gasteiger partial charge in [0.25, 0.3) is 0 Å². The van der Waals surface area contributed by atoms with Crippen LogP contribution < -0.4 is 11.1 Å². The third-order valence-corrected chi connectivity index (χ3v) is 3.38. The number of nitrogens with one attached hydrogen (secondary N) is 1. The molecule has 0 bridgehead atoms. The summed E-state index contributed by atoms with van der Waals surface area (Å²) >= 11 is 0. The summed E-state index contributed by atoms with van der Waals surface area (Å²) in [7, 11) is 0. The van der Waals surface area contributed by atoms with Crippen LogP contribution >= 0.6 is 0 Å². The van der Waals surface area contributed by atoms with Crippen molar-refractivity contribution in [3.05, 3.63) is 30.5 Å². The van der Waals surface area contributed by atoms with Gasteiger partial charge in [-0.2, -0.15) is 10.2 Å². The van der Waals surface area contributed by atoms with Gasteiger partial charge in [-0.15, -0.1) is 0 Å². The minimum absolute atomic E-state index is 0.143. The number of fused-ring (bicyclic) bond motifs is 1. The lowest BCUT2D eigenvalue weighted by atomic mass is 9.84. The summed E-state index contributed by atoms with van der Waals surface area (Å²) in [5.74, 6) is 0. The SMILES string of the molecule is CC(C)(C)C(CCN)Nc1cnnc2ccccc12. The second kappa shape index (κ2) is 5.53. The minimum Gasteiger partial charge on any atom is -0.380 e. The molecule has 0 fully saturated rings. The first-order valence-corrected chi connectivity index (χ1v) is 6.69. The molecule has 1 atom stereocenters. The first-order chi connectivity index (χ1) is 9.02. The van der Waals surface area contributed by atoms with Crippen LogP contribution in [0.2, 0.25) is 0 Å². The minimum atomic E-state index is 0.143. The maximum Gasteiger partial charge on any atom is 0.0950 e. The van der Waals surface area contributed by atoms with Gasteiger partial charge in [-0.05, 0) is 24.4 Å². The number of nitrogens with zero attached hydrogens (tertiary/aromatic N) is 2. The second-order valence-corrected chi connectivity index (χ2v) is 5.92. The monoisotopic (exact) mass is 258 g/mol. The molecule has 1 aromatic heterocycles. The van der Waals surface area contributed by atoms with Gasteiger partial charge in [0, 0.05) is 11.4 Å². The van der Waals surface area contributed by atoms with E-state index in [1.54, 1.807) is 6.20 Å². The van der Waals surface area contributed by atoms with Gasteiger partial charge in [0.1, 0.15) is 0 Å². The van der Waals surface area contributed by atoms with Crippen LogP contribution in [-0.2, 0) is 0 Å². The Morgan fingerprint density at radius 2 is 2.00 bits per heavy atom. The lowest BCUT2D eigenvalue weighted by Gasteiger charge is -2.32. The molecule has 4 heteroatoms. The van der Waals surface area contributed by atoms with E-state index >= 15 is 0 Å². The molecule has 3 N–H and O–H groups in total. The fraction of sp³-hybridized carbons (Fsp3) is 0.467. The molecule has 0 amide bonds. The van der Waals surface area contributed by atoms with Crippen molar-refractivity contribution in [3.8, 4) is 0 Å². The van der Waals surface area contributed by atoms with Crippen molar-refractivity contribution in [1.29, 1.82) is 0 Å². The molecule has 1 unspecified atom stereocenters. The lowest BCUT2D eigenvalue weighted by Crippen LogP contribution is -2.36. The van der Waals surface area contributed by atoms with Crippen LogP contribution in [0.1, 0.15) is 27.2 Å². The van der Waals surface area contributed by atoms with Gasteiger partial charge in [-0.1, -0.05) is 39.0 Å². The van der Waals surface area contributed by atoms with Crippen molar-refractivity contribution in [2.75, 3.05) is 11.9 Å². The fourth-order valence-corrected chi connectivity index (χ4v) is 2.20. The van der Waals surface area contributed by atoms with Gasteiger partial charge in [-0.3, -0.25) is 0 Å². The van der Waals surface area contributed by atoms with Crippen molar-refractivity contribution < 1.29 is 0 Å². The number of hydrogen-bond donors (Lipinski definition) is 2. The molecule has 2 aromatic rings. The molecule has 0 aliphatic carbocycles. The van der Waals surface area contributed by atoms with Crippen LogP contribution in [0.3, 0.4) is 0 Å². The van der Waals surface area contributed by atoms with E-state index in [9.17, 15) is 0 Å². The zero-order chi connectivity index (χ0) is 13.9. The predicted molar refractivity (Wildman–Crippen MR) is 80.1 cm³/mol. The van der Waals surface area contributed by atoms with Crippen molar-refractivity contribution in [2.24, 2.45) is 11.1 Å². The van der Waals surface area contributed by atoms with Crippen LogP contribution in [0.4, 0.5) is 5.69 Å². The van der Waals surface area contributed by atoms with E-state index in [0.717, 1.165) is 23.0 Å². The Balaban J connectivity index is 2.34. The average Bonchev–Trinajstić information content (AvgIpc) is 2.37. The molecule has 0 saturated carbocycles. The molecule has 1 heterocycles. The van der Waals surface area contributed by atoms with Crippen molar-refractivity contribution >= 4 is 16.6 Å². The van der Waals surface area contributed by atoms with Crippen molar-refractivity contribution in [3.63, 3.8) is 0 Å². The third-order valence-electron chi connectivity index (χ3n) is 3.38. The third kappa shape index (κ3) is 3.20. The predicted octanol–water partition coefficient (Wildman–Crippen LogP) is 2.81. The zero-order valence-corrected chi connectivity index (χ0v) is 11.9. The van der Waals surface area contributed by atoms with Crippen LogP contribution in [-0.4, -0.2) is 22.8 Å². The van der Waals surface area contributed by atoms with E-state index in [1.807, 2.05) is 18.2 Å². The summed E-state index contributed by atoms with van der Waals surface area (Å²) in [6, 6.07) is 8.34. The van der Waals surface area contributed by atoms with Crippen LogP contribution in [0.5, 0.6) is 0 Å². The van der Waals surface area contributed by atoms with E-state index < -0.39 is 0 Å². The van der Waals surface area contributed by atoms with Gasteiger partial charge in [0.05, 0.1) is 17.4 Å². The Morgan fingerprint density at radius 3 is 2.68 bits per heavy atom. The van der Waals surface area contributed by atoms with Gasteiger partial charge >= 0.3 is 0 Å². The molecule has 0 spiro atoms. The summed E-state index contributed by atoms with van der Waals surface area (Å²) in [5.41, 5.74) is 7.80. The lowest BCUT2D eigenvalue weighted by molar-refractivity contribution is 0.329. The number of anilines is 1. The summed E-state index contributed by atoms with van der Waals surface area (Å²) in [6.07, 6.45) is 2.72. The van der Waals surface area contributed by atoms with Crippen LogP contribution in [0.25, 0.3) is 10.9 Å². The smallest absolute Gasteiger partial charge is 0.0950 e. The number of aromatic nitrogens is 2. The molecule has 0 saturated heterocycles. The maximum atomic E-state index is 5.72. The Morgan fingerprint density at radius 1 is 1.26 bits per heavy atom. The first kappa shape index (κ1) is 13.7. The highest BCUT2D eigenvalue weighted by Crippen LogP contribution is 2.28. The van der Waals surface area contributed by atoms with Gasteiger partial charge in [0.15, 0.2) is 0 Å². The summed E-state index contributed by atoms with van der Waals surface area (Å²) in [4.78, 5) is 0. The largest absolute Gasteiger partial charge is 0.380 e. The Labute approximate surface area is 114 Å². The summed E-state index contributed by atoms with van der Waals surface area (Å²) < 4.78 is 0. The van der Waals surface area contributed by atoms with Crippen molar-refractivity contribution in [2.45, 2.75) is 33.2 Å². The highest BCUT2D eigenvalue weighted by atomic mass is 15.1. The molecular weight excluding hydrogens is 236 g/mol. The average molecular weight is 258 g/mol. The van der Waals surface area contributed by atoms with Gasteiger partial charge < -0.3 is 11.1 Å². The highest BCUT2D eigenvalue weighted by molar-refractivity contribution is 5.90. The standard InChI is InChI=1S/C15H22N4/c1-15(2,3)14(8-9-16)18-13-10-17-19-12-7-5-4-6-11(12)13/h4-7,10,14H,8-9,16H2,1-3H3,(H,18,19). The van der Waals surface area contributed by atoms with Crippen molar-refractivity contribution in [1.82, 2.24) is 10.2 Å². The molecule has 0 aliphatic heterocycles.